The second kappa shape index (κ2) is 7.91. The molecule has 0 amide bonds. The van der Waals surface area contributed by atoms with Crippen LogP contribution in [0.4, 0.5) is 0 Å². The second-order valence-electron chi connectivity index (χ2n) is 7.34. The lowest BCUT2D eigenvalue weighted by Crippen LogP contribution is -2.19. The lowest BCUT2D eigenvalue weighted by molar-refractivity contribution is 0.261. The lowest BCUT2D eigenvalue weighted by atomic mass is 9.98. The first-order valence-corrected chi connectivity index (χ1v) is 9.66. The average Bonchev–Trinajstić information content (AvgIpc) is 3.02. The Morgan fingerprint density at radius 3 is 2.18 bits per heavy atom. The van der Waals surface area contributed by atoms with Gasteiger partial charge in [-0.1, -0.05) is 60.7 Å². The number of hydrogen-bond acceptors (Lipinski definition) is 2. The number of benzene rings is 3. The molecule has 0 atom stereocenters. The van der Waals surface area contributed by atoms with Gasteiger partial charge in [0.15, 0.2) is 0 Å². The SMILES string of the molecule is CN(C)CCOc1ccc(-c2c(-c3ccccc3)n(C)c3ccccc23)cc1. The summed E-state index contributed by atoms with van der Waals surface area (Å²) in [6.45, 7) is 1.60. The van der Waals surface area contributed by atoms with Crippen LogP contribution in [0.3, 0.4) is 0 Å². The highest BCUT2D eigenvalue weighted by Gasteiger charge is 2.17. The number of fused-ring (bicyclic) bond motifs is 1. The van der Waals surface area contributed by atoms with Gasteiger partial charge in [-0.25, -0.2) is 0 Å². The summed E-state index contributed by atoms with van der Waals surface area (Å²) in [4.78, 5) is 2.12. The molecule has 4 aromatic rings. The Hall–Kier alpha value is -3.04. The van der Waals surface area contributed by atoms with Gasteiger partial charge in [0.2, 0.25) is 0 Å². The molecule has 3 nitrogen and oxygen atoms in total. The molecule has 0 aliphatic carbocycles. The third kappa shape index (κ3) is 3.54. The van der Waals surface area contributed by atoms with Crippen molar-refractivity contribution in [3.05, 3.63) is 78.9 Å². The van der Waals surface area contributed by atoms with Gasteiger partial charge in [0.25, 0.3) is 0 Å². The quantitative estimate of drug-likeness (QED) is 0.449. The van der Waals surface area contributed by atoms with Crippen LogP contribution < -0.4 is 4.74 Å². The summed E-state index contributed by atoms with van der Waals surface area (Å²) in [5.74, 6) is 0.909. The Bertz CT molecular complexity index is 1060. The van der Waals surface area contributed by atoms with Gasteiger partial charge in [0.05, 0.1) is 5.69 Å². The van der Waals surface area contributed by atoms with Crippen LogP contribution in [0.15, 0.2) is 78.9 Å². The number of ether oxygens (including phenoxy) is 1. The van der Waals surface area contributed by atoms with E-state index >= 15 is 0 Å². The zero-order chi connectivity index (χ0) is 19.5. The van der Waals surface area contributed by atoms with Crippen molar-refractivity contribution in [3.63, 3.8) is 0 Å². The molecular formula is C25H26N2O. The van der Waals surface area contributed by atoms with E-state index in [1.807, 2.05) is 0 Å². The fraction of sp³-hybridized carbons (Fsp3) is 0.200. The smallest absolute Gasteiger partial charge is 0.119 e. The van der Waals surface area contributed by atoms with E-state index < -0.39 is 0 Å². The van der Waals surface area contributed by atoms with Gasteiger partial charge >= 0.3 is 0 Å². The van der Waals surface area contributed by atoms with Crippen molar-refractivity contribution < 1.29 is 4.74 Å². The van der Waals surface area contributed by atoms with Crippen LogP contribution in [0.2, 0.25) is 0 Å². The van der Waals surface area contributed by atoms with E-state index in [1.54, 1.807) is 0 Å². The Balaban J connectivity index is 1.78. The lowest BCUT2D eigenvalue weighted by Gasteiger charge is -2.12. The molecule has 1 heterocycles. The maximum atomic E-state index is 5.87. The first-order chi connectivity index (χ1) is 13.6. The molecular weight excluding hydrogens is 344 g/mol. The van der Waals surface area contributed by atoms with Crippen LogP contribution in [0.5, 0.6) is 5.75 Å². The van der Waals surface area contributed by atoms with E-state index in [-0.39, 0.29) is 0 Å². The summed E-state index contributed by atoms with van der Waals surface area (Å²) in [7, 11) is 6.25. The van der Waals surface area contributed by atoms with Crippen molar-refractivity contribution >= 4 is 10.9 Å². The molecule has 0 fully saturated rings. The maximum absolute atomic E-state index is 5.87. The number of para-hydroxylation sites is 1. The third-order valence-electron chi connectivity index (χ3n) is 5.10. The van der Waals surface area contributed by atoms with E-state index in [0.29, 0.717) is 6.61 Å². The van der Waals surface area contributed by atoms with E-state index in [2.05, 4.69) is 109 Å². The molecule has 1 aromatic heterocycles. The molecule has 0 N–H and O–H groups in total. The highest BCUT2D eigenvalue weighted by atomic mass is 16.5. The van der Waals surface area contributed by atoms with Gasteiger partial charge in [0, 0.05) is 30.1 Å². The molecule has 3 heteroatoms. The summed E-state index contributed by atoms with van der Waals surface area (Å²) >= 11 is 0. The monoisotopic (exact) mass is 370 g/mol. The van der Waals surface area contributed by atoms with E-state index in [1.165, 1.54) is 33.3 Å². The van der Waals surface area contributed by atoms with Gasteiger partial charge in [-0.05, 0) is 43.4 Å². The largest absolute Gasteiger partial charge is 0.492 e. The van der Waals surface area contributed by atoms with Crippen molar-refractivity contribution in [2.24, 2.45) is 7.05 Å². The third-order valence-corrected chi connectivity index (χ3v) is 5.10. The standard InChI is InChI=1S/C25H26N2O/c1-26(2)17-18-28-21-15-13-19(14-16-21)24-22-11-7-8-12-23(22)27(3)25(24)20-9-5-4-6-10-20/h4-16H,17-18H2,1-3H3. The average molecular weight is 370 g/mol. The van der Waals surface area contributed by atoms with Gasteiger partial charge in [-0.15, -0.1) is 0 Å². The number of aryl methyl sites for hydroxylation is 1. The van der Waals surface area contributed by atoms with Gasteiger partial charge in [0.1, 0.15) is 12.4 Å². The molecule has 0 saturated heterocycles. The van der Waals surface area contributed by atoms with Gasteiger partial charge in [-0.3, -0.25) is 0 Å². The highest BCUT2D eigenvalue weighted by Crippen LogP contribution is 2.40. The molecule has 0 aliphatic heterocycles. The number of hydrogen-bond donors (Lipinski definition) is 0. The molecule has 0 unspecified atom stereocenters. The minimum atomic E-state index is 0.690. The Morgan fingerprint density at radius 2 is 1.46 bits per heavy atom. The first kappa shape index (κ1) is 18.3. The van der Waals surface area contributed by atoms with E-state index in [0.717, 1.165) is 12.3 Å². The molecule has 0 aliphatic rings. The molecule has 0 spiro atoms. The Morgan fingerprint density at radius 1 is 0.786 bits per heavy atom. The van der Waals surface area contributed by atoms with Crippen LogP contribution in [0.1, 0.15) is 0 Å². The fourth-order valence-electron chi connectivity index (χ4n) is 3.68. The number of nitrogens with zero attached hydrogens (tertiary/aromatic N) is 2. The van der Waals surface area contributed by atoms with Crippen LogP contribution in [0, 0.1) is 0 Å². The summed E-state index contributed by atoms with van der Waals surface area (Å²) in [5, 5.41) is 1.27. The predicted molar refractivity (Wildman–Crippen MR) is 118 cm³/mol. The van der Waals surface area contributed by atoms with E-state index in [9.17, 15) is 0 Å². The van der Waals surface area contributed by atoms with Crippen molar-refractivity contribution in [2.45, 2.75) is 0 Å². The van der Waals surface area contributed by atoms with Crippen LogP contribution in [-0.4, -0.2) is 36.7 Å². The second-order valence-corrected chi connectivity index (χ2v) is 7.34. The molecule has 28 heavy (non-hydrogen) atoms. The molecule has 142 valence electrons. The molecule has 0 saturated carbocycles. The molecule has 4 rings (SSSR count). The zero-order valence-corrected chi connectivity index (χ0v) is 16.7. The van der Waals surface area contributed by atoms with Gasteiger partial charge in [-0.2, -0.15) is 0 Å². The normalized spacial score (nSPS) is 11.3. The van der Waals surface area contributed by atoms with Crippen LogP contribution in [0.25, 0.3) is 33.3 Å². The first-order valence-electron chi connectivity index (χ1n) is 9.66. The molecule has 0 bridgehead atoms. The number of rotatable bonds is 6. The molecule has 0 radical (unpaired) electrons. The number of likely N-dealkylation sites (N-methyl/N-ethyl adjacent to an activating group) is 1. The topological polar surface area (TPSA) is 17.4 Å². The van der Waals surface area contributed by atoms with Gasteiger partial charge < -0.3 is 14.2 Å². The van der Waals surface area contributed by atoms with Crippen molar-refractivity contribution in [2.75, 3.05) is 27.2 Å². The minimum absolute atomic E-state index is 0.690. The number of aromatic nitrogens is 1. The maximum Gasteiger partial charge on any atom is 0.119 e. The van der Waals surface area contributed by atoms with Crippen LogP contribution in [-0.2, 0) is 7.05 Å². The summed E-state index contributed by atoms with van der Waals surface area (Å²) in [6, 6.07) is 27.7. The predicted octanol–water partition coefficient (Wildman–Crippen LogP) is 5.45. The van der Waals surface area contributed by atoms with E-state index in [4.69, 9.17) is 4.74 Å². The fourth-order valence-corrected chi connectivity index (χ4v) is 3.68. The summed E-state index contributed by atoms with van der Waals surface area (Å²) in [6.07, 6.45) is 0. The zero-order valence-electron chi connectivity index (χ0n) is 16.7. The summed E-state index contributed by atoms with van der Waals surface area (Å²) in [5.41, 5.74) is 6.17. The Labute approximate surface area is 166 Å². The summed E-state index contributed by atoms with van der Waals surface area (Å²) < 4.78 is 8.16. The highest BCUT2D eigenvalue weighted by molar-refractivity contribution is 6.04. The van der Waals surface area contributed by atoms with Crippen molar-refractivity contribution in [1.29, 1.82) is 0 Å². The molecule has 3 aromatic carbocycles. The van der Waals surface area contributed by atoms with Crippen molar-refractivity contribution in [1.82, 2.24) is 9.47 Å². The van der Waals surface area contributed by atoms with Crippen LogP contribution >= 0.6 is 0 Å². The Kier molecular flexibility index (Phi) is 5.18. The van der Waals surface area contributed by atoms with Crippen molar-refractivity contribution in [3.8, 4) is 28.1 Å². The minimum Gasteiger partial charge on any atom is -0.492 e.